The summed E-state index contributed by atoms with van der Waals surface area (Å²) >= 11 is 1.55. The number of carbonyl (C=O) groups is 1. The number of nitrogens with zero attached hydrogens (tertiary/aromatic N) is 1. The van der Waals surface area contributed by atoms with E-state index >= 15 is 0 Å². The summed E-state index contributed by atoms with van der Waals surface area (Å²) in [6, 6.07) is -0.312. The number of rotatable bonds is 3. The first kappa shape index (κ1) is 12.6. The Morgan fingerprint density at radius 1 is 1.62 bits per heavy atom. The first-order chi connectivity index (χ1) is 7.65. The number of carbonyl (C=O) groups excluding carboxylic acids is 1. The first-order valence-corrected chi connectivity index (χ1v) is 5.78. The Morgan fingerprint density at radius 2 is 2.38 bits per heavy atom. The first-order valence-electron chi connectivity index (χ1n) is 4.90. The van der Waals surface area contributed by atoms with Gasteiger partial charge in [0.15, 0.2) is 5.17 Å². The van der Waals surface area contributed by atoms with Crippen LogP contribution in [0.1, 0.15) is 6.92 Å². The van der Waals surface area contributed by atoms with Crippen LogP contribution in [0.15, 0.2) is 42.1 Å². The van der Waals surface area contributed by atoms with E-state index in [1.807, 2.05) is 0 Å². The minimum atomic E-state index is -0.312. The van der Waals surface area contributed by atoms with E-state index in [1.165, 1.54) is 0 Å². The molecule has 0 radical (unpaired) electrons. The molecule has 0 saturated heterocycles. The summed E-state index contributed by atoms with van der Waals surface area (Å²) in [6.07, 6.45) is 4.80. The van der Waals surface area contributed by atoms with Crippen molar-refractivity contribution in [3.8, 4) is 0 Å². The van der Waals surface area contributed by atoms with Crippen molar-refractivity contribution in [2.75, 3.05) is 6.54 Å². The lowest BCUT2D eigenvalue weighted by Gasteiger charge is -2.07. The Morgan fingerprint density at radius 3 is 2.88 bits per heavy atom. The lowest BCUT2D eigenvalue weighted by atomic mass is 10.4. The van der Waals surface area contributed by atoms with Crippen LogP contribution < -0.4 is 10.6 Å². The molecule has 0 fully saturated rings. The predicted octanol–water partition coefficient (Wildman–Crippen LogP) is 2.03. The molecule has 1 aliphatic rings. The number of amides is 2. The van der Waals surface area contributed by atoms with Gasteiger partial charge in [0.25, 0.3) is 0 Å². The molecule has 1 unspecified atom stereocenters. The van der Waals surface area contributed by atoms with Gasteiger partial charge in [-0.1, -0.05) is 37.9 Å². The van der Waals surface area contributed by atoms with Crippen molar-refractivity contribution in [1.29, 1.82) is 0 Å². The van der Waals surface area contributed by atoms with Crippen molar-refractivity contribution in [2.24, 2.45) is 4.99 Å². The molecule has 2 N–H and O–H groups in total. The molecule has 0 bridgehead atoms. The van der Waals surface area contributed by atoms with E-state index in [1.54, 1.807) is 30.0 Å². The number of aliphatic imine (C=N–C) groups is 1. The van der Waals surface area contributed by atoms with Gasteiger partial charge in [-0.25, -0.2) is 4.79 Å². The third kappa shape index (κ3) is 3.94. The third-order valence-corrected chi connectivity index (χ3v) is 2.81. The molecule has 86 valence electrons. The number of thioether (sulfide) groups is 1. The molecule has 0 aromatic rings. The molecule has 1 rings (SSSR count). The lowest BCUT2D eigenvalue weighted by molar-refractivity contribution is 0.248. The Balaban J connectivity index is 2.44. The van der Waals surface area contributed by atoms with Gasteiger partial charge in [0.1, 0.15) is 0 Å². The van der Waals surface area contributed by atoms with Crippen LogP contribution in [0.4, 0.5) is 4.79 Å². The maximum atomic E-state index is 11.5. The van der Waals surface area contributed by atoms with Gasteiger partial charge < -0.3 is 5.32 Å². The Kier molecular flexibility index (Phi) is 4.85. The zero-order chi connectivity index (χ0) is 12.0. The van der Waals surface area contributed by atoms with Crippen LogP contribution in [0.3, 0.4) is 0 Å². The van der Waals surface area contributed by atoms with Crippen LogP contribution >= 0.6 is 11.8 Å². The molecule has 5 heteroatoms. The fourth-order valence-corrected chi connectivity index (χ4v) is 1.92. The summed E-state index contributed by atoms with van der Waals surface area (Å²) in [7, 11) is 0. The average molecular weight is 237 g/mol. The summed E-state index contributed by atoms with van der Waals surface area (Å²) in [5.74, 6) is 0. The van der Waals surface area contributed by atoms with Crippen LogP contribution in [0.2, 0.25) is 0 Å². The maximum Gasteiger partial charge on any atom is 0.325 e. The van der Waals surface area contributed by atoms with E-state index in [-0.39, 0.29) is 6.03 Å². The Bertz CT molecular complexity index is 360. The summed E-state index contributed by atoms with van der Waals surface area (Å²) in [5.41, 5.74) is 0.601. The fraction of sp³-hybridized carbons (Fsp3) is 0.273. The van der Waals surface area contributed by atoms with Gasteiger partial charge in [-0.15, -0.1) is 0 Å². The quantitative estimate of drug-likeness (QED) is 0.738. The van der Waals surface area contributed by atoms with Crippen molar-refractivity contribution in [1.82, 2.24) is 10.6 Å². The van der Waals surface area contributed by atoms with E-state index < -0.39 is 0 Å². The van der Waals surface area contributed by atoms with Crippen LogP contribution in [0.25, 0.3) is 0 Å². The lowest BCUT2D eigenvalue weighted by Crippen LogP contribution is -2.37. The number of hydrogen-bond donors (Lipinski definition) is 2. The van der Waals surface area contributed by atoms with Crippen LogP contribution in [0, 0.1) is 0 Å². The van der Waals surface area contributed by atoms with Crippen molar-refractivity contribution in [2.45, 2.75) is 12.2 Å². The van der Waals surface area contributed by atoms with Crippen molar-refractivity contribution < 1.29 is 4.79 Å². The highest BCUT2D eigenvalue weighted by molar-refractivity contribution is 8.14. The number of amidine groups is 1. The van der Waals surface area contributed by atoms with Crippen LogP contribution in [-0.4, -0.2) is 23.0 Å². The van der Waals surface area contributed by atoms with Gasteiger partial charge in [0, 0.05) is 10.9 Å². The summed E-state index contributed by atoms with van der Waals surface area (Å²) < 4.78 is 0. The van der Waals surface area contributed by atoms with Crippen molar-refractivity contribution in [3.05, 3.63) is 37.1 Å². The third-order valence-electron chi connectivity index (χ3n) is 1.80. The molecule has 1 aliphatic heterocycles. The topological polar surface area (TPSA) is 53.5 Å². The predicted molar refractivity (Wildman–Crippen MR) is 69.5 cm³/mol. The summed E-state index contributed by atoms with van der Waals surface area (Å²) in [5, 5.41) is 6.40. The minimum absolute atomic E-state index is 0.312. The molecule has 2 amide bonds. The van der Waals surface area contributed by atoms with Gasteiger partial charge in [0.2, 0.25) is 0 Å². The standard InChI is InChI=1S/C11H15N3OS/c1-4-6-9(5-2)13-10(15)14-11-12-7-8(3)16-11/h4-6,8H,1-2,7H2,3H3,(H2,12,13,14,15)/b9-6+. The van der Waals surface area contributed by atoms with E-state index in [4.69, 9.17) is 0 Å². The summed E-state index contributed by atoms with van der Waals surface area (Å²) in [4.78, 5) is 15.7. The zero-order valence-electron chi connectivity index (χ0n) is 9.19. The van der Waals surface area contributed by atoms with E-state index in [9.17, 15) is 4.79 Å². The monoisotopic (exact) mass is 237 g/mol. The van der Waals surface area contributed by atoms with Gasteiger partial charge >= 0.3 is 6.03 Å². The second kappa shape index (κ2) is 6.17. The second-order valence-electron chi connectivity index (χ2n) is 3.22. The Labute approximate surface area is 99.6 Å². The van der Waals surface area contributed by atoms with Crippen molar-refractivity contribution in [3.63, 3.8) is 0 Å². The molecular weight excluding hydrogens is 222 g/mol. The molecular formula is C11H15N3OS. The largest absolute Gasteiger partial charge is 0.325 e. The summed E-state index contributed by atoms with van der Waals surface area (Å²) in [6.45, 7) is 9.94. The van der Waals surface area contributed by atoms with E-state index in [0.29, 0.717) is 16.1 Å². The molecule has 0 aromatic heterocycles. The normalized spacial score (nSPS) is 19.9. The van der Waals surface area contributed by atoms with Gasteiger partial charge in [-0.2, -0.15) is 0 Å². The van der Waals surface area contributed by atoms with Crippen LogP contribution in [0.5, 0.6) is 0 Å². The zero-order valence-corrected chi connectivity index (χ0v) is 10.0. The maximum absolute atomic E-state index is 11.5. The molecule has 0 spiro atoms. The van der Waals surface area contributed by atoms with Gasteiger partial charge in [0.05, 0.1) is 6.54 Å². The van der Waals surface area contributed by atoms with Gasteiger partial charge in [-0.05, 0) is 12.2 Å². The molecule has 1 heterocycles. The number of allylic oxidation sites excluding steroid dienone is 3. The number of nitrogens with one attached hydrogen (secondary N) is 2. The highest BCUT2D eigenvalue weighted by Crippen LogP contribution is 2.18. The Hall–Kier alpha value is -1.49. The van der Waals surface area contributed by atoms with Gasteiger partial charge in [-0.3, -0.25) is 10.3 Å². The minimum Gasteiger partial charge on any atom is -0.308 e. The molecule has 0 aliphatic carbocycles. The number of urea groups is 1. The molecule has 1 atom stereocenters. The van der Waals surface area contributed by atoms with Crippen molar-refractivity contribution >= 4 is 23.0 Å². The average Bonchev–Trinajstić information content (AvgIpc) is 2.63. The van der Waals surface area contributed by atoms with E-state index in [0.717, 1.165) is 6.54 Å². The second-order valence-corrected chi connectivity index (χ2v) is 4.64. The molecule has 0 saturated carbocycles. The highest BCUT2D eigenvalue weighted by Gasteiger charge is 2.16. The smallest absolute Gasteiger partial charge is 0.308 e. The van der Waals surface area contributed by atoms with Crippen LogP contribution in [-0.2, 0) is 0 Å². The highest BCUT2D eigenvalue weighted by atomic mass is 32.2. The number of hydrogen-bond acceptors (Lipinski definition) is 3. The molecule has 16 heavy (non-hydrogen) atoms. The molecule has 4 nitrogen and oxygen atoms in total. The fourth-order valence-electron chi connectivity index (χ4n) is 1.09. The molecule has 0 aromatic carbocycles. The van der Waals surface area contributed by atoms with E-state index in [2.05, 4.69) is 35.7 Å². The SMILES string of the molecule is C=C/C=C(\C=C)NC(=O)NC1=NCC(C)S1.